The van der Waals surface area contributed by atoms with Gasteiger partial charge in [-0.15, -0.1) is 5.10 Å². The van der Waals surface area contributed by atoms with E-state index in [0.29, 0.717) is 29.0 Å². The monoisotopic (exact) mass is 434 g/mol. The zero-order valence-corrected chi connectivity index (χ0v) is 17.9. The first-order valence-corrected chi connectivity index (χ1v) is 10.9. The van der Waals surface area contributed by atoms with E-state index in [-0.39, 0.29) is 23.8 Å². The van der Waals surface area contributed by atoms with E-state index in [1.807, 2.05) is 31.2 Å². The van der Waals surface area contributed by atoms with Crippen LogP contribution in [0.25, 0.3) is 4.96 Å². The number of fused-ring (bicyclic) bond motifs is 1. The lowest BCUT2D eigenvalue weighted by molar-refractivity contribution is -0.150. The SMILES string of the molecule is CCOC(=O)[C@@H]1CCCN([C@H](c2ccccc2Cl)c2sc3nc(C)nn3c2O)C1. The standard InChI is InChI=1S/C20H23ClN4O3S/c1-3-28-19(27)13-7-6-10-24(11-13)16(14-8-4-5-9-15(14)21)17-18(26)25-20(29-17)22-12(2)23-25/h4-5,8-9,13,16,26H,3,6-7,10-11H2,1-2H3/t13-,16-/m1/s1. The molecule has 1 aliphatic rings. The van der Waals surface area contributed by atoms with Crippen molar-refractivity contribution in [3.8, 4) is 5.88 Å². The highest BCUT2D eigenvalue weighted by Crippen LogP contribution is 2.43. The van der Waals surface area contributed by atoms with Crippen molar-refractivity contribution in [2.75, 3.05) is 19.7 Å². The smallest absolute Gasteiger partial charge is 0.310 e. The van der Waals surface area contributed by atoms with Gasteiger partial charge in [0.05, 0.1) is 23.4 Å². The van der Waals surface area contributed by atoms with Gasteiger partial charge in [-0.25, -0.2) is 4.98 Å². The van der Waals surface area contributed by atoms with Crippen LogP contribution in [0, 0.1) is 12.8 Å². The molecule has 4 rings (SSSR count). The molecule has 1 N–H and O–H groups in total. The summed E-state index contributed by atoms with van der Waals surface area (Å²) in [6.45, 7) is 5.31. The summed E-state index contributed by atoms with van der Waals surface area (Å²) >= 11 is 7.95. The first kappa shape index (κ1) is 20.1. The number of carbonyl (C=O) groups excluding carboxylic acids is 1. The molecule has 0 saturated carbocycles. The third kappa shape index (κ3) is 3.84. The van der Waals surface area contributed by atoms with E-state index in [2.05, 4.69) is 15.0 Å². The van der Waals surface area contributed by atoms with Crippen LogP contribution in [0.5, 0.6) is 5.88 Å². The number of hydrogen-bond acceptors (Lipinski definition) is 7. The molecule has 1 fully saturated rings. The predicted molar refractivity (Wildman–Crippen MR) is 111 cm³/mol. The van der Waals surface area contributed by atoms with E-state index < -0.39 is 0 Å². The highest BCUT2D eigenvalue weighted by molar-refractivity contribution is 7.17. The molecular formula is C20H23ClN4O3S. The number of aromatic nitrogens is 3. The van der Waals surface area contributed by atoms with Crippen molar-refractivity contribution < 1.29 is 14.6 Å². The summed E-state index contributed by atoms with van der Waals surface area (Å²) in [6, 6.07) is 7.32. The highest BCUT2D eigenvalue weighted by atomic mass is 35.5. The lowest BCUT2D eigenvalue weighted by Gasteiger charge is -2.37. The third-order valence-electron chi connectivity index (χ3n) is 5.19. The summed E-state index contributed by atoms with van der Waals surface area (Å²) in [5.74, 6) is 0.305. The molecule has 0 spiro atoms. The van der Waals surface area contributed by atoms with Crippen LogP contribution in [-0.4, -0.2) is 50.3 Å². The van der Waals surface area contributed by atoms with Gasteiger partial charge >= 0.3 is 5.97 Å². The molecule has 154 valence electrons. The molecule has 7 nitrogen and oxygen atoms in total. The molecule has 0 radical (unpaired) electrons. The van der Waals surface area contributed by atoms with Crippen molar-refractivity contribution in [2.45, 2.75) is 32.7 Å². The number of benzene rings is 1. The Morgan fingerprint density at radius 1 is 1.45 bits per heavy atom. The molecule has 3 heterocycles. The number of halogens is 1. The number of nitrogens with zero attached hydrogens (tertiary/aromatic N) is 4. The molecule has 29 heavy (non-hydrogen) atoms. The van der Waals surface area contributed by atoms with Crippen LogP contribution in [0.15, 0.2) is 24.3 Å². The number of ether oxygens (including phenoxy) is 1. The Balaban J connectivity index is 1.76. The number of thiazole rings is 1. The van der Waals surface area contributed by atoms with Crippen molar-refractivity contribution in [3.05, 3.63) is 45.6 Å². The number of likely N-dealkylation sites (tertiary alicyclic amines) is 1. The van der Waals surface area contributed by atoms with E-state index in [1.165, 1.54) is 15.9 Å². The Kier molecular flexibility index (Phi) is 5.76. The van der Waals surface area contributed by atoms with Crippen molar-refractivity contribution >= 4 is 33.9 Å². The maximum atomic E-state index is 12.4. The predicted octanol–water partition coefficient (Wildman–Crippen LogP) is 3.82. The van der Waals surface area contributed by atoms with Gasteiger partial charge in [0.15, 0.2) is 0 Å². The number of aromatic hydroxyl groups is 1. The van der Waals surface area contributed by atoms with Crippen LogP contribution in [0.2, 0.25) is 5.02 Å². The van der Waals surface area contributed by atoms with Gasteiger partial charge in [-0.2, -0.15) is 4.52 Å². The molecule has 1 aliphatic heterocycles. The summed E-state index contributed by atoms with van der Waals surface area (Å²) in [7, 11) is 0. The van der Waals surface area contributed by atoms with Gasteiger partial charge in [0.1, 0.15) is 5.82 Å². The molecule has 3 aromatic rings. The molecule has 0 bridgehead atoms. The molecule has 2 atom stereocenters. The topological polar surface area (TPSA) is 80.0 Å². The largest absolute Gasteiger partial charge is 0.492 e. The van der Waals surface area contributed by atoms with Gasteiger partial charge in [0.25, 0.3) is 0 Å². The van der Waals surface area contributed by atoms with Crippen LogP contribution in [0.1, 0.15) is 42.1 Å². The van der Waals surface area contributed by atoms with Crippen molar-refractivity contribution in [3.63, 3.8) is 0 Å². The summed E-state index contributed by atoms with van der Waals surface area (Å²) < 4.78 is 6.72. The zero-order chi connectivity index (χ0) is 20.5. The Bertz CT molecular complexity index is 1030. The van der Waals surface area contributed by atoms with Gasteiger partial charge in [0, 0.05) is 11.6 Å². The first-order chi connectivity index (χ1) is 14.0. The van der Waals surface area contributed by atoms with Crippen LogP contribution >= 0.6 is 22.9 Å². The van der Waals surface area contributed by atoms with Crippen LogP contribution in [0.4, 0.5) is 0 Å². The number of aryl methyl sites for hydroxylation is 1. The fraction of sp³-hybridized carbons (Fsp3) is 0.450. The summed E-state index contributed by atoms with van der Waals surface area (Å²) in [6.07, 6.45) is 1.66. The fourth-order valence-electron chi connectivity index (χ4n) is 3.92. The summed E-state index contributed by atoms with van der Waals surface area (Å²) in [5, 5.41) is 15.8. The van der Waals surface area contributed by atoms with Crippen molar-refractivity contribution in [1.82, 2.24) is 19.5 Å². The number of hydrogen-bond donors (Lipinski definition) is 1. The second-order valence-electron chi connectivity index (χ2n) is 7.15. The molecule has 1 saturated heterocycles. The van der Waals surface area contributed by atoms with Crippen LogP contribution in [0.3, 0.4) is 0 Å². The second kappa shape index (κ2) is 8.30. The Hall–Kier alpha value is -2.16. The average molecular weight is 435 g/mol. The zero-order valence-electron chi connectivity index (χ0n) is 16.3. The van der Waals surface area contributed by atoms with E-state index in [9.17, 15) is 9.90 Å². The highest BCUT2D eigenvalue weighted by Gasteiger charge is 2.36. The Morgan fingerprint density at radius 3 is 2.97 bits per heavy atom. The maximum absolute atomic E-state index is 12.4. The first-order valence-electron chi connectivity index (χ1n) is 9.69. The van der Waals surface area contributed by atoms with E-state index in [1.54, 1.807) is 6.92 Å². The molecule has 0 unspecified atom stereocenters. The maximum Gasteiger partial charge on any atom is 0.310 e. The molecular weight excluding hydrogens is 412 g/mol. The number of piperidine rings is 1. The molecule has 9 heteroatoms. The number of rotatable bonds is 5. The number of esters is 1. The van der Waals surface area contributed by atoms with E-state index in [4.69, 9.17) is 16.3 Å². The molecule has 0 amide bonds. The minimum Gasteiger partial charge on any atom is -0.492 e. The molecule has 0 aliphatic carbocycles. The summed E-state index contributed by atoms with van der Waals surface area (Å²) in [4.78, 5) is 20.3. The van der Waals surface area contributed by atoms with Crippen LogP contribution < -0.4 is 0 Å². The quantitative estimate of drug-likeness (QED) is 0.615. The van der Waals surface area contributed by atoms with Crippen molar-refractivity contribution in [2.24, 2.45) is 5.92 Å². The third-order valence-corrected chi connectivity index (χ3v) is 6.61. The fourth-order valence-corrected chi connectivity index (χ4v) is 5.31. The summed E-state index contributed by atoms with van der Waals surface area (Å²) in [5.41, 5.74) is 0.884. The Labute approximate surface area is 177 Å². The van der Waals surface area contributed by atoms with Gasteiger partial charge in [-0.05, 0) is 44.9 Å². The average Bonchev–Trinajstić information content (AvgIpc) is 3.21. The van der Waals surface area contributed by atoms with Gasteiger partial charge < -0.3 is 9.84 Å². The van der Waals surface area contributed by atoms with Crippen molar-refractivity contribution in [1.29, 1.82) is 0 Å². The minimum atomic E-state index is -0.297. The molecule has 2 aromatic heterocycles. The Morgan fingerprint density at radius 2 is 2.24 bits per heavy atom. The van der Waals surface area contributed by atoms with E-state index in [0.717, 1.165) is 29.8 Å². The lowest BCUT2D eigenvalue weighted by Crippen LogP contribution is -2.41. The van der Waals surface area contributed by atoms with Crippen LogP contribution in [-0.2, 0) is 9.53 Å². The number of carbonyl (C=O) groups is 1. The van der Waals surface area contributed by atoms with Gasteiger partial charge in [-0.1, -0.05) is 41.1 Å². The van der Waals surface area contributed by atoms with Gasteiger partial charge in [0.2, 0.25) is 10.8 Å². The second-order valence-corrected chi connectivity index (χ2v) is 8.57. The normalized spacial score (nSPS) is 18.8. The van der Waals surface area contributed by atoms with E-state index >= 15 is 0 Å². The van der Waals surface area contributed by atoms with Gasteiger partial charge in [-0.3, -0.25) is 9.69 Å². The minimum absolute atomic E-state index is 0.0637. The molecule has 1 aromatic carbocycles. The lowest BCUT2D eigenvalue weighted by atomic mass is 9.94.